The van der Waals surface area contributed by atoms with Crippen molar-refractivity contribution in [2.75, 3.05) is 33.7 Å². The summed E-state index contributed by atoms with van der Waals surface area (Å²) in [5, 5.41) is 0. The van der Waals surface area contributed by atoms with Crippen molar-refractivity contribution in [1.29, 1.82) is 0 Å². The summed E-state index contributed by atoms with van der Waals surface area (Å²) in [6.07, 6.45) is 14.6. The van der Waals surface area contributed by atoms with Crippen LogP contribution in [0, 0.1) is 5.92 Å². The minimum Gasteiger partial charge on any atom is -0.342 e. The summed E-state index contributed by atoms with van der Waals surface area (Å²) in [4.78, 5) is 21.9. The summed E-state index contributed by atoms with van der Waals surface area (Å²) in [6.45, 7) is 3.95. The van der Waals surface area contributed by atoms with Crippen LogP contribution in [-0.4, -0.2) is 59.0 Å². The second-order valence-corrected chi connectivity index (χ2v) is 8.42. The molecule has 3 rings (SSSR count). The van der Waals surface area contributed by atoms with Crippen molar-refractivity contribution in [2.24, 2.45) is 5.92 Å². The summed E-state index contributed by atoms with van der Waals surface area (Å²) in [5.74, 6) is 2.45. The monoisotopic (exact) mass is 360 g/mol. The fourth-order valence-electron chi connectivity index (χ4n) is 4.57. The van der Waals surface area contributed by atoms with Crippen LogP contribution >= 0.6 is 0 Å². The predicted molar refractivity (Wildman–Crippen MR) is 105 cm³/mol. The van der Waals surface area contributed by atoms with Crippen molar-refractivity contribution < 1.29 is 4.79 Å². The molecule has 0 N–H and O–H groups in total. The summed E-state index contributed by atoms with van der Waals surface area (Å²) in [6, 6.07) is 0. The topological polar surface area (TPSA) is 41.4 Å². The van der Waals surface area contributed by atoms with Crippen molar-refractivity contribution in [1.82, 2.24) is 19.4 Å². The van der Waals surface area contributed by atoms with Gasteiger partial charge in [-0.25, -0.2) is 4.98 Å². The zero-order valence-corrected chi connectivity index (χ0v) is 16.7. The number of carbonyl (C=O) groups is 1. The molecule has 2 aliphatic rings. The number of aryl methyl sites for hydroxylation is 1. The standard InChI is InChI=1S/C21H36N4O/c1-23(2)13-7-14-24-17-12-22-20(24)18-10-15-25(16-11-18)21(26)19-8-5-3-4-6-9-19/h12,17-19H,3-11,13-16H2,1-2H3. The molecule has 1 aromatic heterocycles. The molecule has 5 heteroatoms. The molecule has 146 valence electrons. The van der Waals surface area contributed by atoms with E-state index in [1.54, 1.807) is 0 Å². The molecule has 0 bridgehead atoms. The lowest BCUT2D eigenvalue weighted by molar-refractivity contribution is -0.137. The van der Waals surface area contributed by atoms with Gasteiger partial charge in [-0.05, 0) is 52.7 Å². The lowest BCUT2D eigenvalue weighted by Crippen LogP contribution is -2.41. The lowest BCUT2D eigenvalue weighted by Gasteiger charge is -2.34. The van der Waals surface area contributed by atoms with Gasteiger partial charge >= 0.3 is 0 Å². The Morgan fingerprint density at radius 2 is 1.81 bits per heavy atom. The molecular formula is C21H36N4O. The molecule has 2 heterocycles. The van der Waals surface area contributed by atoms with Crippen LogP contribution in [0.2, 0.25) is 0 Å². The largest absolute Gasteiger partial charge is 0.342 e. The van der Waals surface area contributed by atoms with Gasteiger partial charge in [0.15, 0.2) is 0 Å². The highest BCUT2D eigenvalue weighted by atomic mass is 16.2. The molecule has 0 spiro atoms. The molecule has 0 aromatic carbocycles. The van der Waals surface area contributed by atoms with Gasteiger partial charge in [0.25, 0.3) is 0 Å². The summed E-state index contributed by atoms with van der Waals surface area (Å²) in [5.41, 5.74) is 0. The van der Waals surface area contributed by atoms with Gasteiger partial charge in [-0.15, -0.1) is 0 Å². The van der Waals surface area contributed by atoms with Crippen LogP contribution in [0.25, 0.3) is 0 Å². The highest BCUT2D eigenvalue weighted by molar-refractivity contribution is 5.79. The third-order valence-corrected chi connectivity index (χ3v) is 6.13. The van der Waals surface area contributed by atoms with Crippen LogP contribution in [0.4, 0.5) is 0 Å². The van der Waals surface area contributed by atoms with E-state index in [4.69, 9.17) is 0 Å². The number of rotatable bonds is 6. The average molecular weight is 361 g/mol. The Balaban J connectivity index is 1.50. The molecule has 2 fully saturated rings. The highest BCUT2D eigenvalue weighted by Crippen LogP contribution is 2.30. The normalized spacial score (nSPS) is 20.5. The minimum atomic E-state index is 0.294. The van der Waals surface area contributed by atoms with Gasteiger partial charge < -0.3 is 14.4 Å². The second-order valence-electron chi connectivity index (χ2n) is 8.42. The smallest absolute Gasteiger partial charge is 0.225 e. The minimum absolute atomic E-state index is 0.294. The maximum absolute atomic E-state index is 12.9. The van der Waals surface area contributed by atoms with E-state index >= 15 is 0 Å². The van der Waals surface area contributed by atoms with Crippen molar-refractivity contribution >= 4 is 5.91 Å². The zero-order chi connectivity index (χ0) is 18.4. The van der Waals surface area contributed by atoms with E-state index in [2.05, 4.69) is 39.6 Å². The fourth-order valence-corrected chi connectivity index (χ4v) is 4.57. The number of hydrogen-bond acceptors (Lipinski definition) is 3. The first-order valence-electron chi connectivity index (χ1n) is 10.6. The highest BCUT2D eigenvalue weighted by Gasteiger charge is 2.30. The Labute approximate surface area is 158 Å². The third-order valence-electron chi connectivity index (χ3n) is 6.13. The molecular weight excluding hydrogens is 324 g/mol. The maximum Gasteiger partial charge on any atom is 0.225 e. The van der Waals surface area contributed by atoms with Gasteiger partial charge in [0, 0.05) is 43.9 Å². The van der Waals surface area contributed by atoms with E-state index in [1.165, 1.54) is 31.5 Å². The first-order valence-corrected chi connectivity index (χ1v) is 10.6. The number of imidazole rings is 1. The van der Waals surface area contributed by atoms with Gasteiger partial charge in [0.2, 0.25) is 5.91 Å². The average Bonchev–Trinajstić information content (AvgIpc) is 2.93. The van der Waals surface area contributed by atoms with Crippen LogP contribution in [0.15, 0.2) is 12.4 Å². The van der Waals surface area contributed by atoms with E-state index in [0.29, 0.717) is 17.7 Å². The van der Waals surface area contributed by atoms with E-state index in [1.807, 2.05) is 6.20 Å². The molecule has 0 radical (unpaired) electrons. The van der Waals surface area contributed by atoms with E-state index in [0.717, 1.165) is 58.3 Å². The van der Waals surface area contributed by atoms with Gasteiger partial charge in [-0.2, -0.15) is 0 Å². The van der Waals surface area contributed by atoms with Crippen molar-refractivity contribution in [2.45, 2.75) is 70.3 Å². The quantitative estimate of drug-likeness (QED) is 0.729. The van der Waals surface area contributed by atoms with Crippen LogP contribution in [-0.2, 0) is 11.3 Å². The number of piperidine rings is 1. The lowest BCUT2D eigenvalue weighted by atomic mass is 9.93. The van der Waals surface area contributed by atoms with Crippen molar-refractivity contribution in [3.63, 3.8) is 0 Å². The SMILES string of the molecule is CN(C)CCCn1ccnc1C1CCN(C(=O)C2CCCCCC2)CC1. The summed E-state index contributed by atoms with van der Waals surface area (Å²) < 4.78 is 2.33. The first-order chi connectivity index (χ1) is 12.6. The van der Waals surface area contributed by atoms with Crippen LogP contribution in [0.3, 0.4) is 0 Å². The van der Waals surface area contributed by atoms with Crippen LogP contribution in [0.5, 0.6) is 0 Å². The van der Waals surface area contributed by atoms with E-state index < -0.39 is 0 Å². The molecule has 1 aliphatic carbocycles. The summed E-state index contributed by atoms with van der Waals surface area (Å²) in [7, 11) is 4.24. The Morgan fingerprint density at radius 3 is 2.46 bits per heavy atom. The Hall–Kier alpha value is -1.36. The van der Waals surface area contributed by atoms with Crippen LogP contribution in [0.1, 0.15) is 69.5 Å². The third kappa shape index (κ3) is 5.09. The fraction of sp³-hybridized carbons (Fsp3) is 0.810. The molecule has 1 aromatic rings. The molecule has 1 amide bonds. The number of hydrogen-bond donors (Lipinski definition) is 0. The zero-order valence-electron chi connectivity index (χ0n) is 16.7. The Kier molecular flexibility index (Phi) is 7.12. The number of amides is 1. The number of likely N-dealkylation sites (tertiary alicyclic amines) is 1. The molecule has 26 heavy (non-hydrogen) atoms. The van der Waals surface area contributed by atoms with Crippen molar-refractivity contribution in [3.05, 3.63) is 18.2 Å². The van der Waals surface area contributed by atoms with Gasteiger partial charge in [-0.3, -0.25) is 4.79 Å². The van der Waals surface area contributed by atoms with Crippen LogP contribution < -0.4 is 0 Å². The van der Waals surface area contributed by atoms with Gasteiger partial charge in [0.05, 0.1) is 0 Å². The van der Waals surface area contributed by atoms with Crippen molar-refractivity contribution in [3.8, 4) is 0 Å². The molecule has 1 aliphatic heterocycles. The van der Waals surface area contributed by atoms with E-state index in [9.17, 15) is 4.79 Å². The molecule has 1 saturated carbocycles. The molecule has 0 atom stereocenters. The second kappa shape index (κ2) is 9.54. The molecule has 5 nitrogen and oxygen atoms in total. The molecule has 1 saturated heterocycles. The first kappa shape index (κ1) is 19.4. The van der Waals surface area contributed by atoms with Gasteiger partial charge in [-0.1, -0.05) is 25.7 Å². The van der Waals surface area contributed by atoms with Gasteiger partial charge in [0.1, 0.15) is 5.82 Å². The Bertz CT molecular complexity index is 552. The Morgan fingerprint density at radius 1 is 1.12 bits per heavy atom. The molecule has 0 unspecified atom stereocenters. The predicted octanol–water partition coefficient (Wildman–Crippen LogP) is 3.51. The maximum atomic E-state index is 12.9. The number of carbonyl (C=O) groups excluding carboxylic acids is 1. The number of aromatic nitrogens is 2. The van der Waals surface area contributed by atoms with E-state index in [-0.39, 0.29) is 0 Å². The number of nitrogens with zero attached hydrogens (tertiary/aromatic N) is 4. The summed E-state index contributed by atoms with van der Waals surface area (Å²) >= 11 is 0.